The van der Waals surface area contributed by atoms with Gasteiger partial charge < -0.3 is 9.80 Å². The summed E-state index contributed by atoms with van der Waals surface area (Å²) in [7, 11) is 0. The van der Waals surface area contributed by atoms with Crippen molar-refractivity contribution < 1.29 is 0 Å². The Morgan fingerprint density at radius 2 is 1.04 bits per heavy atom. The summed E-state index contributed by atoms with van der Waals surface area (Å²) in [5.74, 6) is 0. The van der Waals surface area contributed by atoms with Gasteiger partial charge in [-0.05, 0) is 36.4 Å². The molecule has 1 aliphatic rings. The van der Waals surface area contributed by atoms with Crippen molar-refractivity contribution in [1.82, 2.24) is 0 Å². The maximum absolute atomic E-state index is 9.39. The molecule has 0 spiro atoms. The molecule has 4 heteroatoms. The predicted octanol–water partition coefficient (Wildman–Crippen LogP) is 4.68. The van der Waals surface area contributed by atoms with E-state index in [0.717, 1.165) is 22.7 Å². The zero-order valence-electron chi connectivity index (χ0n) is 13.4. The lowest BCUT2D eigenvalue weighted by Gasteiger charge is -2.21. The highest BCUT2D eigenvalue weighted by Gasteiger charge is 2.29. The summed E-state index contributed by atoms with van der Waals surface area (Å²) in [4.78, 5) is 4.31. The molecule has 3 aromatic rings. The third-order valence-electron chi connectivity index (χ3n) is 4.36. The molecular formula is C21H14N4. The summed E-state index contributed by atoms with van der Waals surface area (Å²) in [6, 6.07) is 28.0. The van der Waals surface area contributed by atoms with Crippen LogP contribution in [0.15, 0.2) is 72.8 Å². The third kappa shape index (κ3) is 2.47. The lowest BCUT2D eigenvalue weighted by Crippen LogP contribution is -2.23. The SMILES string of the molecule is N#Cc1cc2c(cc1C#N)N(c1ccccc1)CN2c1ccccc1. The summed E-state index contributed by atoms with van der Waals surface area (Å²) in [5.41, 5.74) is 4.77. The Balaban J connectivity index is 1.91. The molecule has 118 valence electrons. The minimum Gasteiger partial charge on any atom is -0.321 e. The molecule has 0 bridgehead atoms. The van der Waals surface area contributed by atoms with Crippen LogP contribution in [0.5, 0.6) is 0 Å². The first-order valence-electron chi connectivity index (χ1n) is 7.95. The number of rotatable bonds is 2. The first-order chi connectivity index (χ1) is 12.3. The van der Waals surface area contributed by atoms with Crippen LogP contribution < -0.4 is 9.80 Å². The zero-order chi connectivity index (χ0) is 17.2. The van der Waals surface area contributed by atoms with Gasteiger partial charge in [-0.1, -0.05) is 36.4 Å². The van der Waals surface area contributed by atoms with E-state index in [1.165, 1.54) is 0 Å². The molecule has 4 nitrogen and oxygen atoms in total. The van der Waals surface area contributed by atoms with Crippen molar-refractivity contribution in [2.45, 2.75) is 0 Å². The molecule has 0 atom stereocenters. The molecule has 0 aromatic heterocycles. The number of para-hydroxylation sites is 2. The van der Waals surface area contributed by atoms with Crippen molar-refractivity contribution in [1.29, 1.82) is 10.5 Å². The second-order valence-electron chi connectivity index (χ2n) is 5.78. The van der Waals surface area contributed by atoms with E-state index in [-0.39, 0.29) is 0 Å². The maximum atomic E-state index is 9.39. The van der Waals surface area contributed by atoms with Gasteiger partial charge in [0.25, 0.3) is 0 Å². The molecule has 0 amide bonds. The fourth-order valence-electron chi connectivity index (χ4n) is 3.15. The summed E-state index contributed by atoms with van der Waals surface area (Å²) >= 11 is 0. The monoisotopic (exact) mass is 322 g/mol. The van der Waals surface area contributed by atoms with E-state index >= 15 is 0 Å². The highest BCUT2D eigenvalue weighted by molar-refractivity contribution is 5.88. The average Bonchev–Trinajstić information content (AvgIpc) is 3.06. The molecular weight excluding hydrogens is 308 g/mol. The number of nitriles is 2. The van der Waals surface area contributed by atoms with E-state index in [9.17, 15) is 10.5 Å². The van der Waals surface area contributed by atoms with Gasteiger partial charge in [0.2, 0.25) is 0 Å². The van der Waals surface area contributed by atoms with Gasteiger partial charge in [-0.2, -0.15) is 10.5 Å². The molecule has 1 aliphatic heterocycles. The van der Waals surface area contributed by atoms with Crippen molar-refractivity contribution in [3.05, 3.63) is 83.9 Å². The van der Waals surface area contributed by atoms with Gasteiger partial charge >= 0.3 is 0 Å². The van der Waals surface area contributed by atoms with Crippen LogP contribution in [0.25, 0.3) is 0 Å². The van der Waals surface area contributed by atoms with Crippen molar-refractivity contribution in [3.8, 4) is 12.1 Å². The van der Waals surface area contributed by atoms with Gasteiger partial charge in [0.05, 0.1) is 22.5 Å². The molecule has 0 aliphatic carbocycles. The number of hydrogen-bond acceptors (Lipinski definition) is 4. The summed E-state index contributed by atoms with van der Waals surface area (Å²) in [6.07, 6.45) is 0. The van der Waals surface area contributed by atoms with Gasteiger partial charge in [0, 0.05) is 11.4 Å². The van der Waals surface area contributed by atoms with E-state index in [2.05, 4.69) is 21.9 Å². The molecule has 0 fully saturated rings. The molecule has 0 unspecified atom stereocenters. The van der Waals surface area contributed by atoms with E-state index in [1.54, 1.807) is 0 Å². The van der Waals surface area contributed by atoms with Crippen LogP contribution in [-0.4, -0.2) is 6.67 Å². The first kappa shape index (κ1) is 14.8. The first-order valence-corrected chi connectivity index (χ1v) is 7.95. The standard InChI is InChI=1S/C21H14N4/c22-13-16-11-20-21(12-17(16)14-23)25(19-9-5-2-6-10-19)15-24(20)18-7-3-1-4-8-18/h1-12H,15H2. The van der Waals surface area contributed by atoms with Crippen molar-refractivity contribution in [2.75, 3.05) is 16.5 Å². The fourth-order valence-corrected chi connectivity index (χ4v) is 3.15. The Labute approximate surface area is 146 Å². The molecule has 4 rings (SSSR count). The minimum atomic E-state index is 0.400. The lowest BCUT2D eigenvalue weighted by molar-refractivity contribution is 0.991. The molecule has 0 N–H and O–H groups in total. The van der Waals surface area contributed by atoms with Crippen LogP contribution in [0, 0.1) is 22.7 Å². The molecule has 1 heterocycles. The van der Waals surface area contributed by atoms with Gasteiger partial charge in [-0.3, -0.25) is 0 Å². The Morgan fingerprint density at radius 3 is 1.40 bits per heavy atom. The summed E-state index contributed by atoms with van der Waals surface area (Å²) in [6.45, 7) is 0.628. The minimum absolute atomic E-state index is 0.400. The largest absolute Gasteiger partial charge is 0.321 e. The Bertz CT molecular complexity index is 915. The quantitative estimate of drug-likeness (QED) is 0.687. The molecule has 3 aromatic carbocycles. The Hall–Kier alpha value is -3.76. The van der Waals surface area contributed by atoms with Crippen LogP contribution >= 0.6 is 0 Å². The van der Waals surface area contributed by atoms with E-state index in [1.807, 2.05) is 72.8 Å². The van der Waals surface area contributed by atoms with Gasteiger partial charge in [-0.15, -0.1) is 0 Å². The highest BCUT2D eigenvalue weighted by Crippen LogP contribution is 2.45. The predicted molar refractivity (Wildman–Crippen MR) is 97.9 cm³/mol. The summed E-state index contributed by atoms with van der Waals surface area (Å²) in [5, 5.41) is 18.8. The van der Waals surface area contributed by atoms with Gasteiger partial charge in [0.1, 0.15) is 18.8 Å². The third-order valence-corrected chi connectivity index (χ3v) is 4.36. The molecule has 0 saturated carbocycles. The number of benzene rings is 3. The van der Waals surface area contributed by atoms with Crippen molar-refractivity contribution in [2.24, 2.45) is 0 Å². The highest BCUT2D eigenvalue weighted by atomic mass is 15.4. The second kappa shape index (κ2) is 6.03. The lowest BCUT2D eigenvalue weighted by atomic mass is 10.1. The molecule has 0 saturated heterocycles. The van der Waals surface area contributed by atoms with Crippen LogP contribution in [0.4, 0.5) is 22.7 Å². The zero-order valence-corrected chi connectivity index (χ0v) is 13.4. The Kier molecular flexibility index (Phi) is 3.57. The number of nitrogens with zero attached hydrogens (tertiary/aromatic N) is 4. The average molecular weight is 322 g/mol. The summed E-state index contributed by atoms with van der Waals surface area (Å²) < 4.78 is 0. The van der Waals surface area contributed by atoms with Crippen LogP contribution in [0.2, 0.25) is 0 Å². The van der Waals surface area contributed by atoms with Crippen molar-refractivity contribution >= 4 is 22.7 Å². The van der Waals surface area contributed by atoms with E-state index in [0.29, 0.717) is 17.8 Å². The maximum Gasteiger partial charge on any atom is 0.101 e. The Morgan fingerprint density at radius 1 is 0.640 bits per heavy atom. The molecule has 0 radical (unpaired) electrons. The van der Waals surface area contributed by atoms with Crippen molar-refractivity contribution in [3.63, 3.8) is 0 Å². The number of anilines is 4. The number of fused-ring (bicyclic) bond motifs is 1. The van der Waals surface area contributed by atoms with E-state index < -0.39 is 0 Å². The van der Waals surface area contributed by atoms with Gasteiger partial charge in [0.15, 0.2) is 0 Å². The fraction of sp³-hybridized carbons (Fsp3) is 0.0476. The smallest absolute Gasteiger partial charge is 0.101 e. The normalized spacial score (nSPS) is 12.4. The molecule has 25 heavy (non-hydrogen) atoms. The second-order valence-corrected chi connectivity index (χ2v) is 5.78. The van der Waals surface area contributed by atoms with Crippen LogP contribution in [0.3, 0.4) is 0 Å². The number of hydrogen-bond donors (Lipinski definition) is 0. The van der Waals surface area contributed by atoms with Gasteiger partial charge in [-0.25, -0.2) is 0 Å². The van der Waals surface area contributed by atoms with E-state index in [4.69, 9.17) is 0 Å². The van der Waals surface area contributed by atoms with Crippen LogP contribution in [0.1, 0.15) is 11.1 Å². The van der Waals surface area contributed by atoms with Crippen LogP contribution in [-0.2, 0) is 0 Å². The topological polar surface area (TPSA) is 54.1 Å².